The molecule has 8 heteroatoms. The van der Waals surface area contributed by atoms with E-state index in [1.807, 2.05) is 60.9 Å². The lowest BCUT2D eigenvalue weighted by molar-refractivity contribution is 0.0474. The number of carbonyl (C=O) groups is 1. The number of aromatic nitrogens is 2. The first-order chi connectivity index (χ1) is 15.0. The summed E-state index contributed by atoms with van der Waals surface area (Å²) in [4.78, 5) is 21.1. The molecule has 3 N–H and O–H groups in total. The van der Waals surface area contributed by atoms with E-state index in [1.165, 1.54) is 5.56 Å². The summed E-state index contributed by atoms with van der Waals surface area (Å²) in [6.07, 6.45) is 3.37. The molecule has 0 aliphatic heterocycles. The number of nitrogens with one attached hydrogen (secondary N) is 3. The minimum absolute atomic E-state index is 0.434. The van der Waals surface area contributed by atoms with E-state index in [-0.39, 0.29) is 0 Å². The number of nitrogens with zero attached hydrogens (tertiary/aromatic N) is 3. The van der Waals surface area contributed by atoms with Crippen LogP contribution in [0.5, 0.6) is 0 Å². The summed E-state index contributed by atoms with van der Waals surface area (Å²) in [6.45, 7) is 16.0. The predicted molar refractivity (Wildman–Crippen MR) is 129 cm³/mol. The zero-order valence-electron chi connectivity index (χ0n) is 20.5. The number of hydrogen-bond acceptors (Lipinski definition) is 4. The SMILES string of the molecule is CCNC(=NCc1cccc(Cn2ccnc2C)c1)NCC(C)(C)NC(=O)OC(C)(C)C. The summed E-state index contributed by atoms with van der Waals surface area (Å²) < 4.78 is 7.48. The summed E-state index contributed by atoms with van der Waals surface area (Å²) in [5.41, 5.74) is 1.29. The van der Waals surface area contributed by atoms with Crippen molar-refractivity contribution in [2.45, 2.75) is 72.7 Å². The lowest BCUT2D eigenvalue weighted by atomic mass is 10.1. The van der Waals surface area contributed by atoms with Crippen molar-refractivity contribution in [1.29, 1.82) is 0 Å². The van der Waals surface area contributed by atoms with Crippen molar-refractivity contribution in [3.05, 3.63) is 53.6 Å². The molecule has 0 saturated carbocycles. The van der Waals surface area contributed by atoms with Gasteiger partial charge in [-0.05, 0) is 59.6 Å². The number of aryl methyl sites for hydroxylation is 1. The minimum Gasteiger partial charge on any atom is -0.444 e. The first-order valence-electron chi connectivity index (χ1n) is 11.1. The van der Waals surface area contributed by atoms with E-state index < -0.39 is 17.2 Å². The van der Waals surface area contributed by atoms with E-state index in [4.69, 9.17) is 9.73 Å². The number of guanidine groups is 1. The maximum Gasteiger partial charge on any atom is 0.408 e. The summed E-state index contributed by atoms with van der Waals surface area (Å²) in [5.74, 6) is 1.69. The Morgan fingerprint density at radius 1 is 1.16 bits per heavy atom. The van der Waals surface area contributed by atoms with Crippen LogP contribution >= 0.6 is 0 Å². The van der Waals surface area contributed by atoms with Crippen molar-refractivity contribution in [2.75, 3.05) is 13.1 Å². The summed E-state index contributed by atoms with van der Waals surface area (Å²) >= 11 is 0. The maximum atomic E-state index is 12.1. The molecule has 0 aliphatic carbocycles. The van der Waals surface area contributed by atoms with Gasteiger partial charge in [0.2, 0.25) is 0 Å². The van der Waals surface area contributed by atoms with Crippen molar-refractivity contribution in [3.8, 4) is 0 Å². The zero-order valence-corrected chi connectivity index (χ0v) is 20.5. The van der Waals surface area contributed by atoms with Crippen LogP contribution in [-0.4, -0.2) is 45.8 Å². The molecule has 2 aromatic rings. The van der Waals surface area contributed by atoms with Crippen molar-refractivity contribution < 1.29 is 9.53 Å². The molecule has 2 rings (SSSR count). The van der Waals surface area contributed by atoms with Gasteiger partial charge in [-0.25, -0.2) is 14.8 Å². The monoisotopic (exact) mass is 442 g/mol. The van der Waals surface area contributed by atoms with Crippen molar-refractivity contribution >= 4 is 12.1 Å². The number of carbonyl (C=O) groups excluding carboxylic acids is 1. The number of imidazole rings is 1. The topological polar surface area (TPSA) is 92.6 Å². The van der Waals surface area contributed by atoms with Gasteiger partial charge in [0.15, 0.2) is 5.96 Å². The lowest BCUT2D eigenvalue weighted by Crippen LogP contribution is -2.54. The molecule has 0 saturated heterocycles. The first-order valence-corrected chi connectivity index (χ1v) is 11.1. The third-order valence-electron chi connectivity index (χ3n) is 4.57. The molecule has 8 nitrogen and oxygen atoms in total. The molecule has 0 radical (unpaired) electrons. The van der Waals surface area contributed by atoms with E-state index in [0.717, 1.165) is 24.5 Å². The quantitative estimate of drug-likeness (QED) is 0.429. The van der Waals surface area contributed by atoms with Crippen LogP contribution in [0.25, 0.3) is 0 Å². The number of aliphatic imine (C=N–C) groups is 1. The molecule has 0 bridgehead atoms. The molecule has 1 aromatic carbocycles. The largest absolute Gasteiger partial charge is 0.444 e. The fourth-order valence-electron chi connectivity index (χ4n) is 3.03. The number of hydrogen-bond donors (Lipinski definition) is 3. The Kier molecular flexibility index (Phi) is 8.69. The van der Waals surface area contributed by atoms with Gasteiger partial charge in [0.1, 0.15) is 11.4 Å². The van der Waals surface area contributed by atoms with Crippen LogP contribution < -0.4 is 16.0 Å². The van der Waals surface area contributed by atoms with Gasteiger partial charge in [-0.2, -0.15) is 0 Å². The lowest BCUT2D eigenvalue weighted by Gasteiger charge is -2.29. The summed E-state index contributed by atoms with van der Waals surface area (Å²) in [6, 6.07) is 8.41. The third-order valence-corrected chi connectivity index (χ3v) is 4.57. The molecular formula is C24H38N6O2. The van der Waals surface area contributed by atoms with Gasteiger partial charge in [0.05, 0.1) is 12.1 Å². The van der Waals surface area contributed by atoms with Gasteiger partial charge in [-0.3, -0.25) is 0 Å². The minimum atomic E-state index is -0.533. The number of alkyl carbamates (subject to hydrolysis) is 1. The molecule has 32 heavy (non-hydrogen) atoms. The molecule has 1 aromatic heterocycles. The molecule has 0 fully saturated rings. The van der Waals surface area contributed by atoms with E-state index in [1.54, 1.807) is 0 Å². The van der Waals surface area contributed by atoms with Crippen LogP contribution in [0.15, 0.2) is 41.7 Å². The van der Waals surface area contributed by atoms with Gasteiger partial charge >= 0.3 is 6.09 Å². The highest BCUT2D eigenvalue weighted by atomic mass is 16.6. The van der Waals surface area contributed by atoms with Gasteiger partial charge in [-0.15, -0.1) is 0 Å². The number of rotatable bonds is 8. The first kappa shape index (κ1) is 25.2. The predicted octanol–water partition coefficient (Wildman–Crippen LogP) is 3.60. The average molecular weight is 443 g/mol. The van der Waals surface area contributed by atoms with Crippen LogP contribution in [0.1, 0.15) is 58.5 Å². The van der Waals surface area contributed by atoms with Crippen LogP contribution in [0, 0.1) is 6.92 Å². The molecule has 1 amide bonds. The number of benzene rings is 1. The van der Waals surface area contributed by atoms with Crippen molar-refractivity contribution in [1.82, 2.24) is 25.5 Å². The average Bonchev–Trinajstić information content (AvgIpc) is 3.07. The fraction of sp³-hybridized carbons (Fsp3) is 0.542. The van der Waals surface area contributed by atoms with Gasteiger partial charge < -0.3 is 25.3 Å². The van der Waals surface area contributed by atoms with Crippen LogP contribution in [-0.2, 0) is 17.8 Å². The smallest absolute Gasteiger partial charge is 0.408 e. The normalized spacial score (nSPS) is 12.4. The Morgan fingerprint density at radius 2 is 1.88 bits per heavy atom. The molecule has 0 aliphatic rings. The molecule has 1 heterocycles. The highest BCUT2D eigenvalue weighted by Gasteiger charge is 2.24. The van der Waals surface area contributed by atoms with E-state index in [2.05, 4.69) is 49.8 Å². The third kappa shape index (κ3) is 8.99. The van der Waals surface area contributed by atoms with Crippen LogP contribution in [0.2, 0.25) is 0 Å². The Bertz CT molecular complexity index is 911. The highest BCUT2D eigenvalue weighted by Crippen LogP contribution is 2.11. The van der Waals surface area contributed by atoms with Gasteiger partial charge in [0.25, 0.3) is 0 Å². The molecular weight excluding hydrogens is 404 g/mol. The summed E-state index contributed by atoms with van der Waals surface area (Å²) in [7, 11) is 0. The number of amides is 1. The molecule has 176 valence electrons. The number of ether oxygens (including phenoxy) is 1. The molecule has 0 atom stereocenters. The fourth-order valence-corrected chi connectivity index (χ4v) is 3.03. The van der Waals surface area contributed by atoms with Crippen LogP contribution in [0.4, 0.5) is 4.79 Å². The highest BCUT2D eigenvalue weighted by molar-refractivity contribution is 5.80. The second kappa shape index (κ2) is 11.0. The van der Waals surface area contributed by atoms with Gasteiger partial charge in [-0.1, -0.05) is 24.3 Å². The Hall–Kier alpha value is -3.03. The maximum absolute atomic E-state index is 12.1. The Labute approximate surface area is 191 Å². The van der Waals surface area contributed by atoms with E-state index >= 15 is 0 Å². The summed E-state index contributed by atoms with van der Waals surface area (Å²) in [5, 5.41) is 9.48. The Morgan fingerprint density at radius 3 is 2.50 bits per heavy atom. The van der Waals surface area contributed by atoms with Crippen LogP contribution in [0.3, 0.4) is 0 Å². The second-order valence-corrected chi connectivity index (χ2v) is 9.48. The van der Waals surface area contributed by atoms with Gasteiger partial charge in [0, 0.05) is 32.0 Å². The van der Waals surface area contributed by atoms with Crippen molar-refractivity contribution in [3.63, 3.8) is 0 Å². The van der Waals surface area contributed by atoms with Crippen molar-refractivity contribution in [2.24, 2.45) is 4.99 Å². The second-order valence-electron chi connectivity index (χ2n) is 9.48. The Balaban J connectivity index is 1.97. The van der Waals surface area contributed by atoms with E-state index in [0.29, 0.717) is 19.0 Å². The molecule has 0 unspecified atom stereocenters. The zero-order chi connectivity index (χ0) is 23.8. The molecule has 0 spiro atoms. The standard InChI is InChI=1S/C24H38N6O2/c1-8-25-21(28-17-24(6,7)29-22(31)32-23(3,4)5)27-15-19-10-9-11-20(14-19)16-30-13-12-26-18(30)2/h9-14H,8,15-17H2,1-7H3,(H,29,31)(H2,25,27,28). The van der Waals surface area contributed by atoms with E-state index in [9.17, 15) is 4.79 Å².